The molecule has 0 aliphatic carbocycles. The predicted molar refractivity (Wildman–Crippen MR) is 63.2 cm³/mol. The summed E-state index contributed by atoms with van der Waals surface area (Å²) in [4.78, 5) is 0. The molecule has 0 N–H and O–H groups in total. The Hall–Kier alpha value is -0.770. The van der Waals surface area contributed by atoms with E-state index in [4.69, 9.17) is 0 Å². The van der Waals surface area contributed by atoms with Gasteiger partial charge in [-0.1, -0.05) is 12.1 Å². The van der Waals surface area contributed by atoms with E-state index >= 15 is 0 Å². The number of aryl methyl sites for hydroxylation is 1. The maximum atomic E-state index is 2.36. The first-order chi connectivity index (χ1) is 6.29. The molecule has 0 bridgehead atoms. The first-order valence-corrected chi connectivity index (χ1v) is 5.26. The van der Waals surface area contributed by atoms with Crippen LogP contribution in [0.1, 0.15) is 5.69 Å². The molecule has 2 aromatic rings. The van der Waals surface area contributed by atoms with Gasteiger partial charge in [0.25, 0.3) is 0 Å². The van der Waals surface area contributed by atoms with Gasteiger partial charge in [0.2, 0.25) is 0 Å². The Balaban J connectivity index is 2.59. The van der Waals surface area contributed by atoms with Crippen molar-refractivity contribution in [3.05, 3.63) is 51.9 Å². The fraction of sp³-hybridized carbons (Fsp3) is 0.0909. The van der Waals surface area contributed by atoms with E-state index in [1.165, 1.54) is 15.0 Å². The Labute approximate surface area is 91.5 Å². The fourth-order valence-corrected chi connectivity index (χ4v) is 2.03. The number of hydrogen-bond acceptors (Lipinski definition) is 0. The van der Waals surface area contributed by atoms with E-state index < -0.39 is 0 Å². The van der Waals surface area contributed by atoms with Gasteiger partial charge in [-0.2, -0.15) is 0 Å². The van der Waals surface area contributed by atoms with Gasteiger partial charge >= 0.3 is 0 Å². The van der Waals surface area contributed by atoms with Crippen LogP contribution in [-0.2, 0) is 0 Å². The van der Waals surface area contributed by atoms with Crippen LogP contribution in [0.5, 0.6) is 0 Å². The van der Waals surface area contributed by atoms with E-state index in [2.05, 4.69) is 76.7 Å². The Morgan fingerprint density at radius 2 is 1.85 bits per heavy atom. The van der Waals surface area contributed by atoms with Crippen molar-refractivity contribution in [3.8, 4) is 5.69 Å². The summed E-state index contributed by atoms with van der Waals surface area (Å²) in [5.41, 5.74) is 2.52. The number of halogens is 1. The molecule has 0 radical (unpaired) electrons. The maximum Gasteiger partial charge on any atom is 0.0585 e. The van der Waals surface area contributed by atoms with E-state index in [0.29, 0.717) is 0 Å². The van der Waals surface area contributed by atoms with Gasteiger partial charge in [0.05, 0.1) is 5.69 Å². The van der Waals surface area contributed by atoms with Crippen molar-refractivity contribution in [2.24, 2.45) is 0 Å². The minimum Gasteiger partial charge on any atom is -0.320 e. The molecular weight excluding hydrogens is 273 g/mol. The molecule has 1 aromatic heterocycles. The molecule has 0 atom stereocenters. The van der Waals surface area contributed by atoms with Gasteiger partial charge in [-0.15, -0.1) is 0 Å². The van der Waals surface area contributed by atoms with Crippen LogP contribution in [0.15, 0.2) is 42.6 Å². The zero-order valence-corrected chi connectivity index (χ0v) is 9.52. The number of hydrogen-bond donors (Lipinski definition) is 0. The van der Waals surface area contributed by atoms with Crippen molar-refractivity contribution in [1.82, 2.24) is 4.57 Å². The topological polar surface area (TPSA) is 4.93 Å². The Bertz CT molecular complexity index is 418. The van der Waals surface area contributed by atoms with Crippen LogP contribution in [0.3, 0.4) is 0 Å². The zero-order valence-electron chi connectivity index (χ0n) is 7.37. The summed E-state index contributed by atoms with van der Waals surface area (Å²) in [6.45, 7) is 2.11. The van der Waals surface area contributed by atoms with E-state index in [0.717, 1.165) is 0 Å². The second kappa shape index (κ2) is 3.54. The van der Waals surface area contributed by atoms with Crippen molar-refractivity contribution in [2.75, 3.05) is 0 Å². The number of benzene rings is 1. The van der Waals surface area contributed by atoms with Gasteiger partial charge in [-0.3, -0.25) is 0 Å². The molecule has 0 aliphatic heterocycles. The minimum absolute atomic E-state index is 1.26. The summed E-state index contributed by atoms with van der Waals surface area (Å²) >= 11 is 2.36. The highest BCUT2D eigenvalue weighted by molar-refractivity contribution is 14.1. The molecule has 2 rings (SSSR count). The van der Waals surface area contributed by atoms with Crippen LogP contribution in [0.2, 0.25) is 0 Å². The van der Waals surface area contributed by atoms with E-state index in [1.54, 1.807) is 0 Å². The molecular formula is C11H10IN. The molecule has 2 heteroatoms. The third kappa shape index (κ3) is 1.63. The number of aromatic nitrogens is 1. The van der Waals surface area contributed by atoms with Crippen LogP contribution in [0, 0.1) is 10.5 Å². The summed E-state index contributed by atoms with van der Waals surface area (Å²) in [5, 5.41) is 0. The number of para-hydroxylation sites is 1. The van der Waals surface area contributed by atoms with E-state index in [1.807, 2.05) is 0 Å². The Kier molecular flexibility index (Phi) is 2.40. The average Bonchev–Trinajstić information content (AvgIpc) is 2.52. The first kappa shape index (κ1) is 8.81. The van der Waals surface area contributed by atoms with Crippen LogP contribution < -0.4 is 0 Å². The van der Waals surface area contributed by atoms with Crippen molar-refractivity contribution in [3.63, 3.8) is 0 Å². The Morgan fingerprint density at radius 1 is 1.08 bits per heavy atom. The third-order valence-electron chi connectivity index (χ3n) is 2.06. The number of nitrogens with zero attached hydrogens (tertiary/aromatic N) is 1. The molecule has 0 saturated heterocycles. The molecule has 0 unspecified atom stereocenters. The van der Waals surface area contributed by atoms with E-state index in [9.17, 15) is 0 Å². The predicted octanol–water partition coefficient (Wildman–Crippen LogP) is 3.39. The van der Waals surface area contributed by atoms with Crippen LogP contribution >= 0.6 is 22.6 Å². The SMILES string of the molecule is Cc1cccn1-c1ccccc1I. The highest BCUT2D eigenvalue weighted by Gasteiger charge is 2.01. The van der Waals surface area contributed by atoms with Crippen LogP contribution in [0.25, 0.3) is 5.69 Å². The lowest BCUT2D eigenvalue weighted by molar-refractivity contribution is 1.01. The van der Waals surface area contributed by atoms with Gasteiger partial charge < -0.3 is 4.57 Å². The maximum absolute atomic E-state index is 2.36. The number of rotatable bonds is 1. The second-order valence-corrected chi connectivity index (χ2v) is 4.13. The molecule has 13 heavy (non-hydrogen) atoms. The molecule has 0 spiro atoms. The van der Waals surface area contributed by atoms with Crippen molar-refractivity contribution in [2.45, 2.75) is 6.92 Å². The largest absolute Gasteiger partial charge is 0.320 e. The van der Waals surface area contributed by atoms with Gasteiger partial charge in [0.15, 0.2) is 0 Å². The van der Waals surface area contributed by atoms with Crippen molar-refractivity contribution in [1.29, 1.82) is 0 Å². The molecule has 1 heterocycles. The van der Waals surface area contributed by atoms with Crippen LogP contribution in [-0.4, -0.2) is 4.57 Å². The molecule has 0 saturated carbocycles. The summed E-state index contributed by atoms with van der Waals surface area (Å²) in [6, 6.07) is 12.6. The zero-order chi connectivity index (χ0) is 9.26. The summed E-state index contributed by atoms with van der Waals surface area (Å²) < 4.78 is 3.47. The molecule has 0 aliphatic rings. The molecule has 1 aromatic carbocycles. The van der Waals surface area contributed by atoms with Gasteiger partial charge in [-0.25, -0.2) is 0 Å². The summed E-state index contributed by atoms with van der Waals surface area (Å²) in [5.74, 6) is 0. The quantitative estimate of drug-likeness (QED) is 0.707. The van der Waals surface area contributed by atoms with Crippen molar-refractivity contribution >= 4 is 22.6 Å². The second-order valence-electron chi connectivity index (χ2n) is 2.97. The highest BCUT2D eigenvalue weighted by Crippen LogP contribution is 2.18. The fourth-order valence-electron chi connectivity index (χ4n) is 1.38. The smallest absolute Gasteiger partial charge is 0.0585 e. The monoisotopic (exact) mass is 283 g/mol. The lowest BCUT2D eigenvalue weighted by Gasteiger charge is -2.07. The van der Waals surface area contributed by atoms with Gasteiger partial charge in [0, 0.05) is 15.5 Å². The molecule has 66 valence electrons. The summed E-state index contributed by atoms with van der Waals surface area (Å²) in [6.07, 6.45) is 2.09. The molecule has 1 nitrogen and oxygen atoms in total. The normalized spacial score (nSPS) is 10.3. The van der Waals surface area contributed by atoms with Gasteiger partial charge in [-0.05, 0) is 53.8 Å². The minimum atomic E-state index is 1.26. The third-order valence-corrected chi connectivity index (χ3v) is 2.98. The lowest BCUT2D eigenvalue weighted by atomic mass is 10.3. The Morgan fingerprint density at radius 3 is 2.46 bits per heavy atom. The lowest BCUT2D eigenvalue weighted by Crippen LogP contribution is -1.96. The van der Waals surface area contributed by atoms with Crippen LogP contribution in [0.4, 0.5) is 0 Å². The first-order valence-electron chi connectivity index (χ1n) is 4.18. The summed E-state index contributed by atoms with van der Waals surface area (Å²) in [7, 11) is 0. The van der Waals surface area contributed by atoms with E-state index in [-0.39, 0.29) is 0 Å². The highest BCUT2D eigenvalue weighted by atomic mass is 127. The van der Waals surface area contributed by atoms with Gasteiger partial charge in [0.1, 0.15) is 0 Å². The van der Waals surface area contributed by atoms with Crippen molar-refractivity contribution < 1.29 is 0 Å². The molecule has 0 fully saturated rings. The molecule has 0 amide bonds. The standard InChI is InChI=1S/C11H10IN/c1-9-5-4-8-13(9)11-7-3-2-6-10(11)12/h2-8H,1H3. The average molecular weight is 283 g/mol.